The molecule has 0 unspecified atom stereocenters. The maximum atomic E-state index is 15.1. The van der Waals surface area contributed by atoms with Crippen molar-refractivity contribution >= 4 is 93.8 Å². The van der Waals surface area contributed by atoms with Crippen molar-refractivity contribution in [1.82, 2.24) is 63.1 Å². The molecule has 13 atom stereocenters. The number of carbonyl (C=O) groups is 14. The summed E-state index contributed by atoms with van der Waals surface area (Å²) in [5.74, 6) is -16.7. The molecule has 15 N–H and O–H groups in total. The van der Waals surface area contributed by atoms with Gasteiger partial charge < -0.3 is 88.5 Å². The predicted octanol–water partition coefficient (Wildman–Crippen LogP) is -3.88. The first-order valence-electron chi connectivity index (χ1n) is 30.2. The molecule has 5 heterocycles. The minimum Gasteiger partial charge on any atom is -0.480 e. The number of nitrogens with zero attached hydrogens (tertiary/aromatic N) is 1. The number of aromatic amines is 1. The summed E-state index contributed by atoms with van der Waals surface area (Å²) in [7, 11) is 0. The van der Waals surface area contributed by atoms with Crippen LogP contribution in [0.1, 0.15) is 96.6 Å². The van der Waals surface area contributed by atoms with Gasteiger partial charge in [-0.25, -0.2) is 4.79 Å². The monoisotopic (exact) mass is 1270 g/mol. The van der Waals surface area contributed by atoms with Crippen molar-refractivity contribution in [3.8, 4) is 0 Å². The van der Waals surface area contributed by atoms with Gasteiger partial charge in [0.25, 0.3) is 0 Å². The summed E-state index contributed by atoms with van der Waals surface area (Å²) in [6, 6.07) is -4.21. The highest BCUT2D eigenvalue weighted by atomic mass is 16.5. The number of carboxylic acids is 1. The van der Waals surface area contributed by atoms with Gasteiger partial charge in [-0.05, 0) is 75.5 Å². The summed E-state index contributed by atoms with van der Waals surface area (Å²) in [6.07, 6.45) is -5.47. The molecular weight excluding hydrogens is 1190 g/mol. The fourth-order valence-corrected chi connectivity index (χ4v) is 10.9. The normalized spacial score (nSPS) is 27.7. The first-order chi connectivity index (χ1) is 43.3. The lowest BCUT2D eigenvalue weighted by Gasteiger charge is -2.31. The van der Waals surface area contributed by atoms with Crippen LogP contribution in [-0.2, 0) is 89.4 Å². The van der Waals surface area contributed by atoms with Gasteiger partial charge >= 0.3 is 17.9 Å². The van der Waals surface area contributed by atoms with Crippen molar-refractivity contribution in [2.24, 2.45) is 11.7 Å². The number of para-hydroxylation sites is 1. The number of aliphatic hydroxyl groups excluding tert-OH is 1. The number of aromatic nitrogens is 1. The van der Waals surface area contributed by atoms with Crippen LogP contribution >= 0.6 is 0 Å². The molecule has 91 heavy (non-hydrogen) atoms. The van der Waals surface area contributed by atoms with Crippen LogP contribution in [-0.4, -0.2) is 201 Å². The highest BCUT2D eigenvalue weighted by molar-refractivity contribution is 6.01. The first kappa shape index (κ1) is 69.0. The van der Waals surface area contributed by atoms with E-state index in [1.165, 1.54) is 18.0 Å². The third-order valence-corrected chi connectivity index (χ3v) is 15.9. The first-order valence-corrected chi connectivity index (χ1v) is 30.2. The Morgan fingerprint density at radius 3 is 1.96 bits per heavy atom. The number of nitrogens with two attached hydrogens (primary N) is 1. The molecule has 4 saturated heterocycles. The van der Waals surface area contributed by atoms with E-state index in [-0.39, 0.29) is 64.0 Å². The predicted molar refractivity (Wildman–Crippen MR) is 318 cm³/mol. The number of aliphatic carboxylic acids is 1. The Kier molecular flexibility index (Phi) is 24.1. The molecule has 4 fully saturated rings. The van der Waals surface area contributed by atoms with Crippen molar-refractivity contribution in [2.75, 3.05) is 19.7 Å². The van der Waals surface area contributed by atoms with Gasteiger partial charge in [-0.1, -0.05) is 62.4 Å². The Labute approximate surface area is 522 Å². The number of ether oxygens (including phenoxy) is 2. The van der Waals surface area contributed by atoms with Crippen LogP contribution in [0.3, 0.4) is 0 Å². The molecule has 3 aromatic rings. The smallest absolute Gasteiger partial charge is 0.326 e. The van der Waals surface area contributed by atoms with E-state index >= 15 is 4.79 Å². The van der Waals surface area contributed by atoms with E-state index in [0.717, 1.165) is 6.92 Å². The molecule has 0 spiro atoms. The third kappa shape index (κ3) is 19.0. The summed E-state index contributed by atoms with van der Waals surface area (Å²) in [5, 5.41) is 46.0. The molecule has 31 nitrogen and oxygen atoms in total. The molecule has 11 amide bonds. The van der Waals surface area contributed by atoms with E-state index in [1.807, 2.05) is 0 Å². The number of H-pyrrole nitrogens is 1. The van der Waals surface area contributed by atoms with Gasteiger partial charge in [0.15, 0.2) is 0 Å². The van der Waals surface area contributed by atoms with Crippen LogP contribution in [0.15, 0.2) is 60.8 Å². The van der Waals surface area contributed by atoms with E-state index < -0.39 is 194 Å². The fraction of sp³-hybridized carbons (Fsp3) is 0.533. The second-order valence-electron chi connectivity index (χ2n) is 23.5. The average molecular weight is 1270 g/mol. The zero-order valence-corrected chi connectivity index (χ0v) is 50.7. The van der Waals surface area contributed by atoms with Gasteiger partial charge in [0.2, 0.25) is 65.0 Å². The molecule has 31 heteroatoms. The second kappa shape index (κ2) is 31.8. The Morgan fingerprint density at radius 2 is 1.25 bits per heavy atom. The number of aliphatic hydroxyl groups is 1. The van der Waals surface area contributed by atoms with E-state index in [1.54, 1.807) is 68.4 Å². The van der Waals surface area contributed by atoms with Gasteiger partial charge in [-0.15, -0.1) is 0 Å². The number of hydrogen-bond donors (Lipinski definition) is 14. The number of carbonyl (C=O) groups excluding carboxylic acids is 13. The average Bonchev–Trinajstić information content (AvgIpc) is 2.15. The molecule has 0 radical (unpaired) electrons. The Balaban J connectivity index is 1.41. The van der Waals surface area contributed by atoms with E-state index in [9.17, 15) is 72.5 Å². The van der Waals surface area contributed by atoms with Crippen molar-refractivity contribution < 1.29 is 86.8 Å². The summed E-state index contributed by atoms with van der Waals surface area (Å²) >= 11 is 0. The number of esters is 2. The number of nitrogens with one attached hydrogen (secondary N) is 11. The summed E-state index contributed by atoms with van der Waals surface area (Å²) in [4.78, 5) is 205. The summed E-state index contributed by atoms with van der Waals surface area (Å²) in [6.45, 7) is 4.43. The molecule has 2 aromatic carbocycles. The van der Waals surface area contributed by atoms with Crippen LogP contribution in [0.5, 0.6) is 0 Å². The molecule has 4 aliphatic heterocycles. The van der Waals surface area contributed by atoms with Gasteiger partial charge in [0.1, 0.15) is 79.2 Å². The molecule has 4 aliphatic rings. The Hall–Kier alpha value is -9.52. The van der Waals surface area contributed by atoms with Crippen molar-refractivity contribution in [3.05, 3.63) is 71.9 Å². The maximum absolute atomic E-state index is 15.1. The van der Waals surface area contributed by atoms with Crippen molar-refractivity contribution in [2.45, 2.75) is 177 Å². The molecule has 492 valence electrons. The fourth-order valence-electron chi connectivity index (χ4n) is 10.9. The number of carboxylic acid groups (broad SMARTS) is 1. The van der Waals surface area contributed by atoms with Crippen LogP contribution in [0.2, 0.25) is 0 Å². The standard InChI is InChI=1S/C60H79N13O18/c1-29(2)21-37-51(79)64-36-17-10-11-19-62-45(75)24-42(60(88)89)70-54(82)39-25-46(76)90-28-43(71-56(84)44-18-12-20-73(44)59(87)41(69-50(36)78)22-32-13-6-5-7-14-32)55(83)67-40(26-47(77)91-31(4)49(58(86)68-37)72-57(85)48(61)30(3)74)53(81)65-38(52(80)66-39)23-33-27-63-35-16-9-8-15-34(33)35/h5-9,13-16,27,29-31,36-44,48-49,63,74H,10-12,17-26,28,61H2,1-4H3,(H,62,75)(H,64,79)(H,65,81)(H,66,80)(H,67,83)(H,68,86)(H,69,78)(H,70,82)(H,71,84)(H,72,85)(H,88,89)/t30-,31-,36+,37+,38-,39+,40-,41+,42-,43-,44+,48-,49-/m1/s1. The number of rotatable bonds is 10. The Morgan fingerprint density at radius 1 is 0.648 bits per heavy atom. The van der Waals surface area contributed by atoms with Gasteiger partial charge in [0.05, 0.1) is 25.4 Å². The topological polar surface area (TPSA) is 463 Å². The second-order valence-corrected chi connectivity index (χ2v) is 23.5. The van der Waals surface area contributed by atoms with Crippen LogP contribution in [0.4, 0.5) is 0 Å². The van der Waals surface area contributed by atoms with Crippen molar-refractivity contribution in [1.29, 1.82) is 0 Å². The van der Waals surface area contributed by atoms with Gasteiger partial charge in [0, 0.05) is 43.0 Å². The zero-order chi connectivity index (χ0) is 66.2. The molecular formula is C60H79N13O18. The Bertz CT molecular complexity index is 3230. The minimum atomic E-state index is -2.12. The quantitative estimate of drug-likeness (QED) is 0.0864. The van der Waals surface area contributed by atoms with Crippen LogP contribution in [0, 0.1) is 5.92 Å². The summed E-state index contributed by atoms with van der Waals surface area (Å²) < 4.78 is 11.2. The largest absolute Gasteiger partial charge is 0.480 e. The highest BCUT2D eigenvalue weighted by Crippen LogP contribution is 2.23. The maximum Gasteiger partial charge on any atom is 0.326 e. The van der Waals surface area contributed by atoms with Gasteiger partial charge in [-0.2, -0.15) is 0 Å². The van der Waals surface area contributed by atoms with E-state index in [0.29, 0.717) is 22.0 Å². The summed E-state index contributed by atoms with van der Waals surface area (Å²) in [5.41, 5.74) is 7.51. The van der Waals surface area contributed by atoms with Crippen LogP contribution in [0.25, 0.3) is 10.9 Å². The molecule has 7 rings (SSSR count). The minimum absolute atomic E-state index is 0.0109. The highest BCUT2D eigenvalue weighted by Gasteiger charge is 2.43. The van der Waals surface area contributed by atoms with E-state index in [4.69, 9.17) is 15.2 Å². The number of cyclic esters (lactones) is 1. The molecule has 0 saturated carbocycles. The number of fused-ring (bicyclic) bond motifs is 12. The lowest BCUT2D eigenvalue weighted by Crippen LogP contribution is -2.62. The molecule has 1 aromatic heterocycles. The number of amides is 11. The zero-order valence-electron chi connectivity index (χ0n) is 50.7. The lowest BCUT2D eigenvalue weighted by molar-refractivity contribution is -0.154. The molecule has 4 bridgehead atoms. The van der Waals surface area contributed by atoms with Crippen LogP contribution < -0.4 is 58.9 Å². The lowest BCUT2D eigenvalue weighted by atomic mass is 10.00. The number of benzene rings is 2. The number of hydrogen-bond acceptors (Lipinski definition) is 18. The third-order valence-electron chi connectivity index (χ3n) is 15.9. The van der Waals surface area contributed by atoms with Gasteiger partial charge in [-0.3, -0.25) is 62.3 Å². The van der Waals surface area contributed by atoms with Crippen molar-refractivity contribution in [3.63, 3.8) is 0 Å². The SMILES string of the molecule is CC(C)C[C@@H]1NC(=O)[C@H](NC(=O)[C@H](N)[C@@H](C)O)[C@@H](C)OC(=O)C[C@H]2NC(=O)[C@H]3COC(=O)C[C@H](NC(=O)[C@@H](Cc4c[nH]c5ccccc45)NC2=O)C(=O)N[C@@H](C(=O)O)CC(=O)NCCCC[C@H](NC1=O)C(=O)N[C@@H](Cc1ccccc1)C(=O)N1CCC[C@H]1C(=O)N3. The molecule has 0 aliphatic carbocycles. The van der Waals surface area contributed by atoms with E-state index in [2.05, 4.69) is 58.2 Å².